The normalized spacial score (nSPS) is 21.1. The van der Waals surface area contributed by atoms with Crippen LogP contribution in [-0.4, -0.2) is 31.4 Å². The van der Waals surface area contributed by atoms with Crippen LogP contribution in [0.1, 0.15) is 26.7 Å². The van der Waals surface area contributed by atoms with Crippen LogP contribution in [0.5, 0.6) is 0 Å². The molecule has 1 unspecified atom stereocenters. The van der Waals surface area contributed by atoms with Gasteiger partial charge in [-0.25, -0.2) is 0 Å². The summed E-state index contributed by atoms with van der Waals surface area (Å²) < 4.78 is 32.7. The second-order valence-electron chi connectivity index (χ2n) is 2.78. The number of hydrogen-bond acceptors (Lipinski definition) is 3. The molecule has 1 atom stereocenters. The van der Waals surface area contributed by atoms with Gasteiger partial charge in [0.1, 0.15) is 0 Å². The molecule has 1 rings (SSSR count). The first-order valence-electron chi connectivity index (χ1n) is 4.02. The van der Waals surface area contributed by atoms with E-state index in [-0.39, 0.29) is 5.75 Å². The lowest BCUT2D eigenvalue weighted by atomic mass is 10.4. The van der Waals surface area contributed by atoms with E-state index in [1.54, 1.807) is 0 Å². The van der Waals surface area contributed by atoms with Crippen LogP contribution in [0.15, 0.2) is 0 Å². The fraction of sp³-hybridized carbons (Fsp3) is 1.00. The highest BCUT2D eigenvalue weighted by molar-refractivity contribution is 7.85. The van der Waals surface area contributed by atoms with Crippen LogP contribution in [0.25, 0.3) is 0 Å². The Bertz CT molecular complexity index is 193. The molecule has 12 heavy (non-hydrogen) atoms. The van der Waals surface area contributed by atoms with E-state index in [1.165, 1.54) is 0 Å². The van der Waals surface area contributed by atoms with Gasteiger partial charge in [0.05, 0.1) is 18.5 Å². The summed E-state index contributed by atoms with van der Waals surface area (Å²) in [4.78, 5) is 0. The molecule has 0 saturated carbocycles. The van der Waals surface area contributed by atoms with Crippen LogP contribution < -0.4 is 0 Å². The summed E-state index contributed by atoms with van der Waals surface area (Å²) >= 11 is 0. The zero-order valence-corrected chi connectivity index (χ0v) is 8.30. The monoisotopic (exact) mass is 196 g/mol. The highest BCUT2D eigenvalue weighted by atomic mass is 32.2. The number of ether oxygens (including phenoxy) is 1. The van der Waals surface area contributed by atoms with Crippen molar-refractivity contribution in [2.24, 2.45) is 0 Å². The van der Waals surface area contributed by atoms with E-state index < -0.39 is 10.1 Å². The van der Waals surface area contributed by atoms with Crippen molar-refractivity contribution in [1.82, 2.24) is 0 Å². The van der Waals surface area contributed by atoms with Crippen LogP contribution in [0.2, 0.25) is 0 Å². The number of unbranched alkanes of at least 4 members (excludes halogenated alkanes) is 1. The first-order chi connectivity index (χ1) is 5.45. The Morgan fingerprint density at radius 2 is 2.00 bits per heavy atom. The summed E-state index contributed by atoms with van der Waals surface area (Å²) in [6.45, 7) is 4.91. The number of hydrogen-bond donors (Lipinski definition) is 1. The summed E-state index contributed by atoms with van der Waals surface area (Å²) in [5, 5.41) is 0. The van der Waals surface area contributed by atoms with Gasteiger partial charge in [-0.2, -0.15) is 8.42 Å². The lowest BCUT2D eigenvalue weighted by Crippen LogP contribution is -2.02. The molecular weight excluding hydrogens is 180 g/mol. The molecule has 1 aliphatic rings. The Hall–Kier alpha value is -0.130. The average Bonchev–Trinajstić information content (AvgIpc) is 2.67. The standard InChI is InChI=1S/C4H10O3S.C3H6O/c1-2-3-4-8(5,6)7;1-3-2-4-3/h2-4H2,1H3,(H,5,6,7);3H,2H2,1H3. The van der Waals surface area contributed by atoms with Crippen molar-refractivity contribution in [2.45, 2.75) is 32.8 Å². The molecule has 4 nitrogen and oxygen atoms in total. The molecule has 0 aromatic rings. The third-order valence-electron chi connectivity index (χ3n) is 1.26. The maximum atomic E-state index is 9.95. The van der Waals surface area contributed by atoms with Crippen molar-refractivity contribution in [3.05, 3.63) is 0 Å². The zero-order valence-electron chi connectivity index (χ0n) is 7.49. The van der Waals surface area contributed by atoms with E-state index in [9.17, 15) is 8.42 Å². The van der Waals surface area contributed by atoms with Crippen molar-refractivity contribution < 1.29 is 17.7 Å². The molecule has 0 spiro atoms. The van der Waals surface area contributed by atoms with E-state index in [2.05, 4.69) is 6.92 Å². The summed E-state index contributed by atoms with van der Waals surface area (Å²) in [6, 6.07) is 0. The topological polar surface area (TPSA) is 66.9 Å². The molecular formula is C7H16O4S. The molecule has 74 valence electrons. The number of epoxide rings is 1. The fourth-order valence-corrected chi connectivity index (χ4v) is 1.08. The molecule has 1 fully saturated rings. The second kappa shape index (κ2) is 5.50. The molecule has 1 saturated heterocycles. The van der Waals surface area contributed by atoms with Gasteiger partial charge in [0.2, 0.25) is 0 Å². The molecule has 0 aliphatic carbocycles. The molecule has 0 radical (unpaired) electrons. The van der Waals surface area contributed by atoms with Gasteiger partial charge < -0.3 is 4.74 Å². The van der Waals surface area contributed by atoms with Gasteiger partial charge in [-0.15, -0.1) is 0 Å². The minimum Gasteiger partial charge on any atom is -0.373 e. The summed E-state index contributed by atoms with van der Waals surface area (Å²) in [7, 11) is -3.69. The van der Waals surface area contributed by atoms with Crippen LogP contribution in [0, 0.1) is 0 Å². The molecule has 1 N–H and O–H groups in total. The SMILES string of the molecule is CC1CO1.CCCCS(=O)(=O)O. The van der Waals surface area contributed by atoms with E-state index in [4.69, 9.17) is 9.29 Å². The first-order valence-corrected chi connectivity index (χ1v) is 5.63. The maximum absolute atomic E-state index is 9.95. The molecule has 0 aromatic heterocycles. The van der Waals surface area contributed by atoms with Gasteiger partial charge in [0, 0.05) is 0 Å². The Balaban J connectivity index is 0.000000247. The van der Waals surface area contributed by atoms with Crippen molar-refractivity contribution in [3.63, 3.8) is 0 Å². The predicted molar refractivity (Wildman–Crippen MR) is 46.7 cm³/mol. The van der Waals surface area contributed by atoms with Gasteiger partial charge in [-0.1, -0.05) is 13.3 Å². The van der Waals surface area contributed by atoms with Crippen molar-refractivity contribution in [2.75, 3.05) is 12.4 Å². The largest absolute Gasteiger partial charge is 0.373 e. The fourth-order valence-electron chi connectivity index (χ4n) is 0.423. The van der Waals surface area contributed by atoms with Gasteiger partial charge in [0.25, 0.3) is 10.1 Å². The molecule has 0 aromatic carbocycles. The molecule has 1 heterocycles. The van der Waals surface area contributed by atoms with E-state index in [1.807, 2.05) is 6.92 Å². The van der Waals surface area contributed by atoms with Gasteiger partial charge >= 0.3 is 0 Å². The lowest BCUT2D eigenvalue weighted by Gasteiger charge is -1.90. The van der Waals surface area contributed by atoms with Crippen molar-refractivity contribution >= 4 is 10.1 Å². The van der Waals surface area contributed by atoms with Crippen LogP contribution in [0.4, 0.5) is 0 Å². The third kappa shape index (κ3) is 12.5. The summed E-state index contributed by atoms with van der Waals surface area (Å²) in [5.74, 6) is -0.108. The molecule has 1 aliphatic heterocycles. The van der Waals surface area contributed by atoms with Gasteiger partial charge in [0.15, 0.2) is 0 Å². The van der Waals surface area contributed by atoms with E-state index >= 15 is 0 Å². The summed E-state index contributed by atoms with van der Waals surface area (Å²) in [5.41, 5.74) is 0. The van der Waals surface area contributed by atoms with Gasteiger partial charge in [-0.3, -0.25) is 4.55 Å². The van der Waals surface area contributed by atoms with Crippen LogP contribution in [-0.2, 0) is 14.9 Å². The second-order valence-corrected chi connectivity index (χ2v) is 4.36. The molecule has 5 heteroatoms. The van der Waals surface area contributed by atoms with E-state index in [0.29, 0.717) is 12.5 Å². The quantitative estimate of drug-likeness (QED) is 0.541. The Morgan fingerprint density at radius 1 is 1.58 bits per heavy atom. The Labute approximate surface area is 73.7 Å². The number of rotatable bonds is 3. The minimum absolute atomic E-state index is 0.108. The maximum Gasteiger partial charge on any atom is 0.264 e. The van der Waals surface area contributed by atoms with Gasteiger partial charge in [-0.05, 0) is 13.3 Å². The lowest BCUT2D eigenvalue weighted by molar-refractivity contribution is 0.423. The van der Waals surface area contributed by atoms with Crippen molar-refractivity contribution in [1.29, 1.82) is 0 Å². The smallest absolute Gasteiger partial charge is 0.264 e. The minimum atomic E-state index is -3.69. The van der Waals surface area contributed by atoms with Crippen LogP contribution >= 0.6 is 0 Å². The Morgan fingerprint density at radius 3 is 2.08 bits per heavy atom. The average molecular weight is 196 g/mol. The summed E-state index contributed by atoms with van der Waals surface area (Å²) in [6.07, 6.45) is 1.92. The third-order valence-corrected chi connectivity index (χ3v) is 2.06. The highest BCUT2D eigenvalue weighted by Crippen LogP contribution is 2.04. The van der Waals surface area contributed by atoms with Crippen LogP contribution in [0.3, 0.4) is 0 Å². The zero-order chi connectivity index (χ0) is 9.61. The molecule has 0 amide bonds. The highest BCUT2D eigenvalue weighted by Gasteiger charge is 2.13. The van der Waals surface area contributed by atoms with E-state index in [0.717, 1.165) is 13.0 Å². The predicted octanol–water partition coefficient (Wildman–Crippen LogP) is 1.08. The molecule has 0 bridgehead atoms. The first kappa shape index (κ1) is 11.9. The Kier molecular flexibility index (Phi) is 5.44. The van der Waals surface area contributed by atoms with Crippen molar-refractivity contribution in [3.8, 4) is 0 Å².